The van der Waals surface area contributed by atoms with Gasteiger partial charge in [-0.2, -0.15) is 0 Å². The van der Waals surface area contributed by atoms with E-state index in [4.69, 9.17) is 29.2 Å². The third-order valence-electron chi connectivity index (χ3n) is 4.36. The number of hydrogen-bond acceptors (Lipinski definition) is 9. The third-order valence-corrected chi connectivity index (χ3v) is 4.36. The van der Waals surface area contributed by atoms with Gasteiger partial charge in [0.25, 0.3) is 0 Å². The number of piperidine rings is 1. The smallest absolute Gasteiger partial charge is 0.305 e. The predicted octanol–water partition coefficient (Wildman–Crippen LogP) is -0.217. The maximum Gasteiger partial charge on any atom is 0.305 e. The van der Waals surface area contributed by atoms with Crippen LogP contribution >= 0.6 is 0 Å². The van der Waals surface area contributed by atoms with Crippen LogP contribution in [0.4, 0.5) is 0 Å². The summed E-state index contributed by atoms with van der Waals surface area (Å²) in [5, 5.41) is 17.5. The summed E-state index contributed by atoms with van der Waals surface area (Å²) in [6.07, 6.45) is 2.62. The molecule has 160 valence electrons. The highest BCUT2D eigenvalue weighted by atomic mass is 16.7. The highest BCUT2D eigenvalue weighted by Gasteiger charge is 2.36. The van der Waals surface area contributed by atoms with Crippen molar-refractivity contribution in [3.8, 4) is 0 Å². The van der Waals surface area contributed by atoms with Crippen molar-refractivity contribution in [3.05, 3.63) is 0 Å². The summed E-state index contributed by atoms with van der Waals surface area (Å²) in [5.41, 5.74) is 0. The molecule has 0 atom stereocenters. The number of carbonyl (C=O) groups is 1. The molecule has 0 saturated carbocycles. The molecule has 0 aromatic carbocycles. The summed E-state index contributed by atoms with van der Waals surface area (Å²) in [4.78, 5) is 13.5. The van der Waals surface area contributed by atoms with Crippen molar-refractivity contribution in [2.75, 3.05) is 79.6 Å². The van der Waals surface area contributed by atoms with Crippen molar-refractivity contribution in [2.45, 2.75) is 31.5 Å². The van der Waals surface area contributed by atoms with E-state index in [2.05, 4.69) is 9.64 Å². The number of esters is 1. The van der Waals surface area contributed by atoms with E-state index in [0.29, 0.717) is 58.9 Å². The summed E-state index contributed by atoms with van der Waals surface area (Å²) in [5.74, 6) is -0.858. The molecule has 27 heavy (non-hydrogen) atoms. The lowest BCUT2D eigenvalue weighted by molar-refractivity contribution is -0.264. The van der Waals surface area contributed by atoms with Crippen LogP contribution in [0.5, 0.6) is 0 Å². The van der Waals surface area contributed by atoms with E-state index in [9.17, 15) is 4.79 Å². The first-order chi connectivity index (χ1) is 13.2. The zero-order valence-electron chi connectivity index (χ0n) is 16.4. The number of ether oxygens (including phenoxy) is 5. The SMILES string of the molecule is COC(=O)CCCN1CCC(OCCOCCO)(OCCOCCO)CC1. The van der Waals surface area contributed by atoms with Crippen LogP contribution < -0.4 is 0 Å². The largest absolute Gasteiger partial charge is 0.469 e. The molecule has 1 rings (SSSR count). The number of hydrogen-bond donors (Lipinski definition) is 2. The molecular weight excluding hydrogens is 358 g/mol. The van der Waals surface area contributed by atoms with E-state index < -0.39 is 5.79 Å². The molecule has 0 amide bonds. The molecule has 1 aliphatic rings. The zero-order chi connectivity index (χ0) is 19.8. The Morgan fingerprint density at radius 3 is 1.96 bits per heavy atom. The first-order valence-corrected chi connectivity index (χ1v) is 9.60. The van der Waals surface area contributed by atoms with Gasteiger partial charge in [-0.1, -0.05) is 0 Å². The second kappa shape index (κ2) is 15.2. The summed E-state index contributed by atoms with van der Waals surface area (Å²) >= 11 is 0. The van der Waals surface area contributed by atoms with Crippen molar-refractivity contribution >= 4 is 5.97 Å². The normalized spacial score (nSPS) is 17.1. The lowest BCUT2D eigenvalue weighted by Gasteiger charge is -2.41. The Kier molecular flexibility index (Phi) is 13.6. The number of aliphatic hydroxyl groups excluding tert-OH is 2. The van der Waals surface area contributed by atoms with E-state index in [1.165, 1.54) is 7.11 Å². The number of nitrogens with zero attached hydrogens (tertiary/aromatic N) is 1. The molecule has 1 aliphatic heterocycles. The van der Waals surface area contributed by atoms with Gasteiger partial charge in [0.15, 0.2) is 5.79 Å². The molecule has 2 N–H and O–H groups in total. The van der Waals surface area contributed by atoms with Crippen LogP contribution in [0.1, 0.15) is 25.7 Å². The van der Waals surface area contributed by atoms with Gasteiger partial charge in [0.2, 0.25) is 0 Å². The van der Waals surface area contributed by atoms with Crippen molar-refractivity contribution in [1.82, 2.24) is 4.90 Å². The number of methoxy groups -OCH3 is 1. The van der Waals surface area contributed by atoms with Crippen LogP contribution in [0.25, 0.3) is 0 Å². The number of carbonyl (C=O) groups excluding carboxylic acids is 1. The fourth-order valence-corrected chi connectivity index (χ4v) is 2.90. The van der Waals surface area contributed by atoms with Gasteiger partial charge in [-0.05, 0) is 13.0 Å². The fraction of sp³-hybridized carbons (Fsp3) is 0.944. The van der Waals surface area contributed by atoms with Gasteiger partial charge in [-0.15, -0.1) is 0 Å². The van der Waals surface area contributed by atoms with Gasteiger partial charge in [0.05, 0.1) is 60.0 Å². The summed E-state index contributed by atoms with van der Waals surface area (Å²) in [6, 6.07) is 0. The molecular formula is C18H35NO8. The van der Waals surface area contributed by atoms with Crippen LogP contribution in [0.2, 0.25) is 0 Å². The minimum Gasteiger partial charge on any atom is -0.469 e. The number of likely N-dealkylation sites (tertiary alicyclic amines) is 1. The van der Waals surface area contributed by atoms with Crippen molar-refractivity contribution in [1.29, 1.82) is 0 Å². The van der Waals surface area contributed by atoms with E-state index in [0.717, 1.165) is 26.1 Å². The zero-order valence-corrected chi connectivity index (χ0v) is 16.4. The Balaban J connectivity index is 2.37. The van der Waals surface area contributed by atoms with Gasteiger partial charge in [0.1, 0.15) is 0 Å². The first-order valence-electron chi connectivity index (χ1n) is 9.60. The molecule has 1 fully saturated rings. The monoisotopic (exact) mass is 393 g/mol. The third kappa shape index (κ3) is 10.9. The van der Waals surface area contributed by atoms with Crippen LogP contribution in [0.3, 0.4) is 0 Å². The van der Waals surface area contributed by atoms with Crippen molar-refractivity contribution in [3.63, 3.8) is 0 Å². The molecule has 9 nitrogen and oxygen atoms in total. The highest BCUT2D eigenvalue weighted by molar-refractivity contribution is 5.69. The van der Waals surface area contributed by atoms with Gasteiger partial charge in [-0.3, -0.25) is 4.79 Å². The molecule has 1 saturated heterocycles. The Morgan fingerprint density at radius 1 is 0.926 bits per heavy atom. The van der Waals surface area contributed by atoms with E-state index in [1.807, 2.05) is 0 Å². The lowest BCUT2D eigenvalue weighted by Crippen LogP contribution is -2.49. The molecule has 0 spiro atoms. The fourth-order valence-electron chi connectivity index (χ4n) is 2.90. The Bertz CT molecular complexity index is 358. The highest BCUT2D eigenvalue weighted by Crippen LogP contribution is 2.28. The summed E-state index contributed by atoms with van der Waals surface area (Å²) in [7, 11) is 1.40. The van der Waals surface area contributed by atoms with Crippen LogP contribution in [-0.4, -0.2) is 106 Å². The number of aliphatic hydroxyl groups is 2. The van der Waals surface area contributed by atoms with Gasteiger partial charge >= 0.3 is 5.97 Å². The van der Waals surface area contributed by atoms with E-state index in [1.54, 1.807) is 0 Å². The van der Waals surface area contributed by atoms with E-state index in [-0.39, 0.29) is 19.2 Å². The van der Waals surface area contributed by atoms with Crippen molar-refractivity contribution in [2.24, 2.45) is 0 Å². The van der Waals surface area contributed by atoms with Gasteiger partial charge in [-0.25, -0.2) is 0 Å². The van der Waals surface area contributed by atoms with Crippen LogP contribution in [0, 0.1) is 0 Å². The first kappa shape index (κ1) is 24.2. The maximum atomic E-state index is 11.2. The van der Waals surface area contributed by atoms with Gasteiger partial charge < -0.3 is 38.8 Å². The lowest BCUT2D eigenvalue weighted by atomic mass is 10.0. The van der Waals surface area contributed by atoms with E-state index >= 15 is 0 Å². The molecule has 0 aromatic rings. The average Bonchev–Trinajstić information content (AvgIpc) is 2.69. The number of rotatable bonds is 16. The van der Waals surface area contributed by atoms with Gasteiger partial charge in [0, 0.05) is 32.4 Å². The Labute approximate surface area is 161 Å². The predicted molar refractivity (Wildman–Crippen MR) is 97.4 cm³/mol. The molecule has 9 heteroatoms. The quantitative estimate of drug-likeness (QED) is 0.209. The second-order valence-electron chi connectivity index (χ2n) is 6.30. The van der Waals surface area contributed by atoms with Crippen LogP contribution in [0.15, 0.2) is 0 Å². The Morgan fingerprint density at radius 2 is 1.48 bits per heavy atom. The summed E-state index contributed by atoms with van der Waals surface area (Å²) < 4.78 is 27.2. The summed E-state index contributed by atoms with van der Waals surface area (Å²) in [6.45, 7) is 4.61. The molecule has 1 heterocycles. The molecule has 0 unspecified atom stereocenters. The van der Waals surface area contributed by atoms with Crippen LogP contribution in [-0.2, 0) is 28.5 Å². The average molecular weight is 393 g/mol. The minimum absolute atomic E-state index is 0.00955. The molecule has 0 bridgehead atoms. The minimum atomic E-state index is -0.677. The second-order valence-corrected chi connectivity index (χ2v) is 6.30. The molecule has 0 aliphatic carbocycles. The van der Waals surface area contributed by atoms with Crippen molar-refractivity contribution < 1.29 is 38.7 Å². The molecule has 0 aromatic heterocycles. The molecule has 0 radical (unpaired) electrons. The Hall–Kier alpha value is -0.810. The standard InChI is InChI=1S/C18H35NO8/c1-23-17(22)3-2-6-19-7-4-18(5-8-19,26-15-13-24-11-9-20)27-16-14-25-12-10-21/h20-21H,2-16H2,1H3. The maximum absolute atomic E-state index is 11.2. The topological polar surface area (TPSA) is 107 Å².